The molecule has 0 aromatic heterocycles. The topological polar surface area (TPSA) is 103 Å². The minimum atomic E-state index is -0.522. The number of amides is 1. The van der Waals surface area contributed by atoms with Crippen LogP contribution in [0.5, 0.6) is 11.5 Å². The van der Waals surface area contributed by atoms with Gasteiger partial charge in [-0.05, 0) is 24.3 Å². The van der Waals surface area contributed by atoms with E-state index in [0.29, 0.717) is 11.5 Å². The molecular formula is C16H14BrN3O5. The number of halogens is 1. The zero-order chi connectivity index (χ0) is 18.2. The number of benzene rings is 2. The third-order valence-corrected chi connectivity index (χ3v) is 3.50. The number of nitro benzene ring substituents is 1. The fourth-order valence-corrected chi connectivity index (χ4v) is 2.21. The second-order valence-corrected chi connectivity index (χ2v) is 5.61. The van der Waals surface area contributed by atoms with Crippen molar-refractivity contribution in [3.63, 3.8) is 0 Å². The highest BCUT2D eigenvalue weighted by atomic mass is 79.9. The van der Waals surface area contributed by atoms with Crippen LogP contribution < -0.4 is 14.9 Å². The van der Waals surface area contributed by atoms with Gasteiger partial charge < -0.3 is 9.47 Å². The van der Waals surface area contributed by atoms with Gasteiger partial charge in [-0.1, -0.05) is 28.1 Å². The molecule has 0 spiro atoms. The minimum Gasteiger partial charge on any atom is -0.493 e. The Balaban J connectivity index is 1.92. The van der Waals surface area contributed by atoms with Crippen LogP contribution in [-0.2, 0) is 4.79 Å². The van der Waals surface area contributed by atoms with E-state index < -0.39 is 10.8 Å². The standard InChI is InChI=1S/C16H14BrN3O5/c1-24-15-8-12(17)6-7-14(15)25-10-16(21)19-18-9-11-4-2-3-5-13(11)20(22)23/h2-9H,10H2,1H3,(H,19,21)/b18-9+. The van der Waals surface area contributed by atoms with E-state index in [1.54, 1.807) is 30.3 Å². The van der Waals surface area contributed by atoms with Crippen molar-refractivity contribution in [2.75, 3.05) is 13.7 Å². The predicted molar refractivity (Wildman–Crippen MR) is 95.0 cm³/mol. The van der Waals surface area contributed by atoms with E-state index in [1.165, 1.54) is 25.5 Å². The number of carbonyl (C=O) groups is 1. The number of ether oxygens (including phenoxy) is 2. The summed E-state index contributed by atoms with van der Waals surface area (Å²) in [6, 6.07) is 11.2. The fourth-order valence-electron chi connectivity index (χ4n) is 1.87. The first-order valence-electron chi connectivity index (χ1n) is 7.03. The first kappa shape index (κ1) is 18.4. The molecule has 2 aromatic carbocycles. The molecule has 130 valence electrons. The number of nitrogens with one attached hydrogen (secondary N) is 1. The van der Waals surface area contributed by atoms with Crippen molar-refractivity contribution >= 4 is 33.7 Å². The predicted octanol–water partition coefficient (Wildman–Crippen LogP) is 2.90. The molecule has 0 unspecified atom stereocenters. The second-order valence-electron chi connectivity index (χ2n) is 4.69. The molecule has 0 aliphatic rings. The second kappa shape index (κ2) is 8.78. The summed E-state index contributed by atoms with van der Waals surface area (Å²) in [6.07, 6.45) is 1.20. The number of hydrogen-bond donors (Lipinski definition) is 1. The number of methoxy groups -OCH3 is 1. The van der Waals surface area contributed by atoms with Crippen LogP contribution in [0.2, 0.25) is 0 Å². The minimum absolute atomic E-state index is 0.101. The molecule has 0 bridgehead atoms. The van der Waals surface area contributed by atoms with Crippen LogP contribution in [0.1, 0.15) is 5.56 Å². The maximum absolute atomic E-state index is 11.8. The molecule has 0 heterocycles. The Labute approximate surface area is 151 Å². The highest BCUT2D eigenvalue weighted by Gasteiger charge is 2.10. The van der Waals surface area contributed by atoms with Crippen LogP contribution in [0.15, 0.2) is 52.0 Å². The van der Waals surface area contributed by atoms with Gasteiger partial charge in [0.15, 0.2) is 18.1 Å². The van der Waals surface area contributed by atoms with Gasteiger partial charge in [0.05, 0.1) is 23.8 Å². The molecule has 0 saturated heterocycles. The van der Waals surface area contributed by atoms with Gasteiger partial charge in [0.25, 0.3) is 11.6 Å². The molecule has 0 radical (unpaired) electrons. The Morgan fingerprint density at radius 3 is 2.80 bits per heavy atom. The number of rotatable bonds is 7. The lowest BCUT2D eigenvalue weighted by Crippen LogP contribution is -2.24. The van der Waals surface area contributed by atoms with E-state index in [9.17, 15) is 14.9 Å². The summed E-state index contributed by atoms with van der Waals surface area (Å²) in [6.45, 7) is -0.286. The molecule has 0 aliphatic carbocycles. The summed E-state index contributed by atoms with van der Waals surface area (Å²) in [4.78, 5) is 22.1. The number of para-hydroxylation sites is 1. The molecule has 9 heteroatoms. The lowest BCUT2D eigenvalue weighted by Gasteiger charge is -2.10. The smallest absolute Gasteiger partial charge is 0.278 e. The van der Waals surface area contributed by atoms with Crippen molar-refractivity contribution in [1.82, 2.24) is 5.43 Å². The van der Waals surface area contributed by atoms with Crippen LogP contribution >= 0.6 is 15.9 Å². The van der Waals surface area contributed by atoms with E-state index in [1.807, 2.05) is 0 Å². The average Bonchev–Trinajstić information content (AvgIpc) is 2.60. The van der Waals surface area contributed by atoms with Crippen LogP contribution in [0.25, 0.3) is 0 Å². The normalized spacial score (nSPS) is 10.5. The van der Waals surface area contributed by atoms with Gasteiger partial charge in [-0.2, -0.15) is 5.10 Å². The van der Waals surface area contributed by atoms with Crippen LogP contribution in [0.4, 0.5) is 5.69 Å². The van der Waals surface area contributed by atoms with E-state index in [0.717, 1.165) is 4.47 Å². The molecule has 0 saturated carbocycles. The Morgan fingerprint density at radius 1 is 1.32 bits per heavy atom. The average molecular weight is 408 g/mol. The van der Waals surface area contributed by atoms with Crippen molar-refractivity contribution in [1.29, 1.82) is 0 Å². The summed E-state index contributed by atoms with van der Waals surface area (Å²) in [7, 11) is 1.49. The van der Waals surface area contributed by atoms with Crippen molar-refractivity contribution in [2.45, 2.75) is 0 Å². The van der Waals surface area contributed by atoms with Crippen molar-refractivity contribution < 1.29 is 19.2 Å². The quantitative estimate of drug-likeness (QED) is 0.431. The maximum Gasteiger partial charge on any atom is 0.278 e. The van der Waals surface area contributed by atoms with Crippen LogP contribution in [0.3, 0.4) is 0 Å². The van der Waals surface area contributed by atoms with E-state index >= 15 is 0 Å². The molecular weight excluding hydrogens is 394 g/mol. The first-order chi connectivity index (χ1) is 12.0. The third kappa shape index (κ3) is 5.28. The van der Waals surface area contributed by atoms with Gasteiger partial charge in [0, 0.05) is 10.5 Å². The Morgan fingerprint density at radius 2 is 2.08 bits per heavy atom. The Hall–Kier alpha value is -2.94. The summed E-state index contributed by atoms with van der Waals surface area (Å²) in [5.41, 5.74) is 2.43. The number of hydrazone groups is 1. The van der Waals surface area contributed by atoms with Gasteiger partial charge in [-0.3, -0.25) is 14.9 Å². The summed E-state index contributed by atoms with van der Waals surface area (Å²) in [5.74, 6) is 0.369. The van der Waals surface area contributed by atoms with Crippen molar-refractivity contribution in [3.8, 4) is 11.5 Å². The zero-order valence-corrected chi connectivity index (χ0v) is 14.7. The first-order valence-corrected chi connectivity index (χ1v) is 7.82. The maximum atomic E-state index is 11.8. The zero-order valence-electron chi connectivity index (χ0n) is 13.1. The molecule has 1 amide bonds. The molecule has 0 atom stereocenters. The Kier molecular flexibility index (Phi) is 6.47. The lowest BCUT2D eigenvalue weighted by atomic mass is 10.2. The van der Waals surface area contributed by atoms with E-state index in [-0.39, 0.29) is 17.9 Å². The van der Waals surface area contributed by atoms with Crippen LogP contribution in [-0.4, -0.2) is 30.8 Å². The largest absolute Gasteiger partial charge is 0.493 e. The third-order valence-electron chi connectivity index (χ3n) is 3.01. The molecule has 0 fully saturated rings. The van der Waals surface area contributed by atoms with Gasteiger partial charge in [-0.15, -0.1) is 0 Å². The molecule has 0 aliphatic heterocycles. The monoisotopic (exact) mass is 407 g/mol. The highest BCUT2D eigenvalue weighted by molar-refractivity contribution is 9.10. The van der Waals surface area contributed by atoms with E-state index in [2.05, 4.69) is 26.5 Å². The van der Waals surface area contributed by atoms with Gasteiger partial charge in [0.1, 0.15) is 0 Å². The Bertz CT molecular complexity index is 810. The number of nitrogens with zero attached hydrogens (tertiary/aromatic N) is 2. The number of nitro groups is 1. The van der Waals surface area contributed by atoms with Crippen molar-refractivity contribution in [2.24, 2.45) is 5.10 Å². The van der Waals surface area contributed by atoms with Gasteiger partial charge in [0.2, 0.25) is 0 Å². The van der Waals surface area contributed by atoms with Crippen molar-refractivity contribution in [3.05, 3.63) is 62.6 Å². The fraction of sp³-hybridized carbons (Fsp3) is 0.125. The lowest BCUT2D eigenvalue weighted by molar-refractivity contribution is -0.385. The molecule has 25 heavy (non-hydrogen) atoms. The summed E-state index contributed by atoms with van der Waals surface area (Å²) >= 11 is 3.31. The number of hydrogen-bond acceptors (Lipinski definition) is 6. The molecule has 2 rings (SSSR count). The summed E-state index contributed by atoms with van der Waals surface area (Å²) in [5, 5.41) is 14.6. The van der Waals surface area contributed by atoms with Gasteiger partial charge in [-0.25, -0.2) is 5.43 Å². The molecule has 8 nitrogen and oxygen atoms in total. The molecule has 2 aromatic rings. The number of carbonyl (C=O) groups excluding carboxylic acids is 1. The summed E-state index contributed by atoms with van der Waals surface area (Å²) < 4.78 is 11.3. The SMILES string of the molecule is COc1cc(Br)ccc1OCC(=O)N/N=C/c1ccccc1[N+](=O)[O-]. The van der Waals surface area contributed by atoms with E-state index in [4.69, 9.17) is 9.47 Å². The molecule has 1 N–H and O–H groups in total. The highest BCUT2D eigenvalue weighted by Crippen LogP contribution is 2.30. The van der Waals surface area contributed by atoms with Gasteiger partial charge >= 0.3 is 0 Å². The van der Waals surface area contributed by atoms with Crippen LogP contribution in [0, 0.1) is 10.1 Å².